The Hall–Kier alpha value is -1.95. The molecule has 0 amide bonds. The van der Waals surface area contributed by atoms with Crippen molar-refractivity contribution < 1.29 is 9.90 Å². The number of aromatic nitrogens is 3. The van der Waals surface area contributed by atoms with E-state index >= 15 is 0 Å². The number of carboxylic acid groups (broad SMARTS) is 1. The number of nitrogens with zero attached hydrogens (tertiary/aromatic N) is 3. The molecule has 0 radical (unpaired) electrons. The van der Waals surface area contributed by atoms with Gasteiger partial charge in [0.2, 0.25) is 0 Å². The van der Waals surface area contributed by atoms with E-state index in [2.05, 4.69) is 40.6 Å². The summed E-state index contributed by atoms with van der Waals surface area (Å²) in [5.74, 6) is -0.977. The number of hydrogen-bond donors (Lipinski definition) is 2. The predicted octanol–water partition coefficient (Wildman–Crippen LogP) is 2.88. The molecule has 122 valence electrons. The fraction of sp³-hybridized carbons (Fsp3) is 0.562. The van der Waals surface area contributed by atoms with Crippen LogP contribution in [0.4, 0.5) is 0 Å². The fourth-order valence-electron chi connectivity index (χ4n) is 2.18. The highest BCUT2D eigenvalue weighted by atomic mass is 16.4. The van der Waals surface area contributed by atoms with E-state index in [0.29, 0.717) is 17.9 Å². The second-order valence-electron chi connectivity index (χ2n) is 4.92. The van der Waals surface area contributed by atoms with Gasteiger partial charge in [-0.3, -0.25) is 4.79 Å². The molecule has 0 aromatic carbocycles. The second kappa shape index (κ2) is 9.15. The maximum Gasteiger partial charge on any atom is 0.314 e. The topological polar surface area (TPSA) is 82.1 Å². The molecule has 0 saturated carbocycles. The Morgan fingerprint density at radius 3 is 2.32 bits per heavy atom. The van der Waals surface area contributed by atoms with E-state index < -0.39 is 11.9 Å². The second-order valence-corrected chi connectivity index (χ2v) is 4.92. The third kappa shape index (κ3) is 4.80. The van der Waals surface area contributed by atoms with Crippen LogP contribution >= 0.6 is 0 Å². The number of aliphatic carboxylic acids is 1. The van der Waals surface area contributed by atoms with Gasteiger partial charge in [-0.1, -0.05) is 27.7 Å². The zero-order valence-corrected chi connectivity index (χ0v) is 13.8. The highest BCUT2D eigenvalue weighted by molar-refractivity contribution is 5.77. The number of H-pyrrole nitrogens is 1. The Morgan fingerprint density at radius 2 is 1.91 bits per heavy atom. The van der Waals surface area contributed by atoms with Gasteiger partial charge in [0, 0.05) is 6.20 Å². The van der Waals surface area contributed by atoms with Crippen molar-refractivity contribution >= 4 is 17.1 Å². The highest BCUT2D eigenvalue weighted by Crippen LogP contribution is 2.19. The Balaban J connectivity index is 0.000000295. The average Bonchev–Trinajstić information content (AvgIpc) is 2.93. The van der Waals surface area contributed by atoms with Crippen LogP contribution < -0.4 is 0 Å². The lowest BCUT2D eigenvalue weighted by molar-refractivity contribution is -0.139. The summed E-state index contributed by atoms with van der Waals surface area (Å²) in [6.07, 6.45) is 2.14. The molecule has 2 aromatic heterocycles. The summed E-state index contributed by atoms with van der Waals surface area (Å²) in [5, 5.41) is 8.97. The molecule has 0 aliphatic rings. The molecule has 2 N–H and O–H groups in total. The zero-order valence-electron chi connectivity index (χ0n) is 13.8. The molecule has 6 nitrogen and oxygen atoms in total. The fourth-order valence-corrected chi connectivity index (χ4v) is 2.18. The molecular weight excluding hydrogens is 280 g/mol. The third-order valence-electron chi connectivity index (χ3n) is 3.65. The van der Waals surface area contributed by atoms with Crippen molar-refractivity contribution in [2.45, 2.75) is 40.0 Å². The van der Waals surface area contributed by atoms with Crippen LogP contribution in [0.25, 0.3) is 11.2 Å². The number of aromatic amines is 1. The molecule has 1 unspecified atom stereocenters. The highest BCUT2D eigenvalue weighted by Gasteiger charge is 2.21. The van der Waals surface area contributed by atoms with Crippen LogP contribution in [0.15, 0.2) is 18.3 Å². The average molecular weight is 306 g/mol. The van der Waals surface area contributed by atoms with E-state index in [1.807, 2.05) is 13.0 Å². The van der Waals surface area contributed by atoms with Crippen LogP contribution in [0, 0.1) is 0 Å². The van der Waals surface area contributed by atoms with Crippen LogP contribution in [0.1, 0.15) is 45.9 Å². The Morgan fingerprint density at radius 1 is 1.27 bits per heavy atom. The lowest BCUT2D eigenvalue weighted by atomic mass is 10.1. The Labute approximate surface area is 131 Å². The van der Waals surface area contributed by atoms with Crippen LogP contribution in [-0.2, 0) is 4.79 Å². The molecule has 2 aromatic rings. The smallest absolute Gasteiger partial charge is 0.314 e. The standard InChI is InChI=1S/C10H11N3O2.C6H15N/c1-2-6(10(14)15)8-12-7-4-3-5-11-9(7)13-8;1-4-7(5-2)6-3/h3-6H,2H2,1H3,(H,14,15)(H,11,12,13);4-6H2,1-3H3. The normalized spacial score (nSPS) is 12.0. The number of pyridine rings is 1. The molecule has 0 bridgehead atoms. The van der Waals surface area contributed by atoms with Gasteiger partial charge in [0.25, 0.3) is 0 Å². The largest absolute Gasteiger partial charge is 0.481 e. The summed E-state index contributed by atoms with van der Waals surface area (Å²) < 4.78 is 0. The van der Waals surface area contributed by atoms with Crippen molar-refractivity contribution in [2.24, 2.45) is 0 Å². The minimum absolute atomic E-state index is 0.471. The lowest BCUT2D eigenvalue weighted by Gasteiger charge is -2.13. The minimum atomic E-state index is -0.864. The minimum Gasteiger partial charge on any atom is -0.481 e. The predicted molar refractivity (Wildman–Crippen MR) is 88.0 cm³/mol. The van der Waals surface area contributed by atoms with Crippen LogP contribution in [0.5, 0.6) is 0 Å². The van der Waals surface area contributed by atoms with Gasteiger partial charge in [0.15, 0.2) is 5.65 Å². The first-order valence-electron chi connectivity index (χ1n) is 7.82. The zero-order chi connectivity index (χ0) is 16.5. The first kappa shape index (κ1) is 18.1. The van der Waals surface area contributed by atoms with Gasteiger partial charge in [-0.15, -0.1) is 0 Å². The monoisotopic (exact) mass is 306 g/mol. The number of carbonyl (C=O) groups is 1. The molecule has 1 atom stereocenters. The summed E-state index contributed by atoms with van der Waals surface area (Å²) in [6.45, 7) is 11.9. The van der Waals surface area contributed by atoms with E-state index in [1.54, 1.807) is 12.3 Å². The number of hydrogen-bond acceptors (Lipinski definition) is 4. The molecule has 0 aliphatic heterocycles. The number of nitrogens with one attached hydrogen (secondary N) is 1. The quantitative estimate of drug-likeness (QED) is 0.857. The lowest BCUT2D eigenvalue weighted by Crippen LogP contribution is -2.21. The van der Waals surface area contributed by atoms with E-state index in [1.165, 1.54) is 19.6 Å². The summed E-state index contributed by atoms with van der Waals surface area (Å²) >= 11 is 0. The van der Waals surface area contributed by atoms with Gasteiger partial charge in [-0.05, 0) is 38.2 Å². The van der Waals surface area contributed by atoms with Gasteiger partial charge in [0.05, 0.1) is 5.52 Å². The van der Waals surface area contributed by atoms with E-state index in [4.69, 9.17) is 5.11 Å². The van der Waals surface area contributed by atoms with Crippen LogP contribution in [-0.4, -0.2) is 50.6 Å². The summed E-state index contributed by atoms with van der Waals surface area (Å²) in [4.78, 5) is 24.5. The van der Waals surface area contributed by atoms with Crippen molar-refractivity contribution in [3.8, 4) is 0 Å². The van der Waals surface area contributed by atoms with Crippen LogP contribution in [0.3, 0.4) is 0 Å². The molecule has 6 heteroatoms. The number of fused-ring (bicyclic) bond motifs is 1. The van der Waals surface area contributed by atoms with Crippen LogP contribution in [0.2, 0.25) is 0 Å². The first-order chi connectivity index (χ1) is 10.6. The number of rotatable bonds is 6. The molecule has 0 saturated heterocycles. The molecule has 0 spiro atoms. The Bertz CT molecular complexity index is 540. The Kier molecular flexibility index (Phi) is 7.52. The van der Waals surface area contributed by atoms with Gasteiger partial charge in [-0.2, -0.15) is 0 Å². The summed E-state index contributed by atoms with van der Waals surface area (Å²) in [5.41, 5.74) is 1.33. The van der Waals surface area contributed by atoms with E-state index in [-0.39, 0.29) is 0 Å². The maximum absolute atomic E-state index is 10.9. The SMILES string of the molecule is CCC(C(=O)O)c1nc2ncccc2[nH]1.CCN(CC)CC. The van der Waals surface area contributed by atoms with Crippen molar-refractivity contribution in [3.63, 3.8) is 0 Å². The maximum atomic E-state index is 10.9. The van der Waals surface area contributed by atoms with E-state index in [9.17, 15) is 4.79 Å². The van der Waals surface area contributed by atoms with Crippen molar-refractivity contribution in [1.29, 1.82) is 0 Å². The van der Waals surface area contributed by atoms with Crippen molar-refractivity contribution in [2.75, 3.05) is 19.6 Å². The van der Waals surface area contributed by atoms with E-state index in [0.717, 1.165) is 5.52 Å². The molecule has 2 rings (SSSR count). The van der Waals surface area contributed by atoms with Gasteiger partial charge >= 0.3 is 5.97 Å². The van der Waals surface area contributed by atoms with Gasteiger partial charge in [-0.25, -0.2) is 9.97 Å². The molecule has 2 heterocycles. The number of imidazole rings is 1. The first-order valence-corrected chi connectivity index (χ1v) is 7.82. The molecular formula is C16H26N4O2. The summed E-state index contributed by atoms with van der Waals surface area (Å²) in [6, 6.07) is 3.61. The van der Waals surface area contributed by atoms with Gasteiger partial charge < -0.3 is 15.0 Å². The molecule has 0 aliphatic carbocycles. The van der Waals surface area contributed by atoms with Gasteiger partial charge in [0.1, 0.15) is 11.7 Å². The molecule has 22 heavy (non-hydrogen) atoms. The van der Waals surface area contributed by atoms with Crippen molar-refractivity contribution in [1.82, 2.24) is 19.9 Å². The number of carboxylic acids is 1. The summed E-state index contributed by atoms with van der Waals surface area (Å²) in [7, 11) is 0. The third-order valence-corrected chi connectivity index (χ3v) is 3.65. The van der Waals surface area contributed by atoms with Crippen molar-refractivity contribution in [3.05, 3.63) is 24.2 Å². The molecule has 0 fully saturated rings.